The number of hydrogen-bond donors (Lipinski definition) is 2. The number of carbonyl (C=O) groups excluding carboxylic acids is 2. The maximum Gasteiger partial charge on any atom is 0.573 e. The molecule has 11 heteroatoms. The third-order valence-electron chi connectivity index (χ3n) is 3.08. The van der Waals surface area contributed by atoms with Crippen molar-refractivity contribution < 1.29 is 32.0 Å². The summed E-state index contributed by atoms with van der Waals surface area (Å²) < 4.78 is 44.9. The minimum atomic E-state index is -4.78. The van der Waals surface area contributed by atoms with Crippen LogP contribution in [0.3, 0.4) is 0 Å². The van der Waals surface area contributed by atoms with Crippen molar-refractivity contribution in [1.29, 1.82) is 0 Å². The van der Waals surface area contributed by atoms with Crippen molar-refractivity contribution in [2.24, 2.45) is 0 Å². The van der Waals surface area contributed by atoms with Crippen molar-refractivity contribution in [3.8, 4) is 5.75 Å². The topological polar surface area (TPSA) is 93.5 Å². The van der Waals surface area contributed by atoms with E-state index in [4.69, 9.17) is 4.52 Å². The van der Waals surface area contributed by atoms with Crippen LogP contribution in [0.5, 0.6) is 5.75 Å². The highest BCUT2D eigenvalue weighted by Crippen LogP contribution is 2.24. The number of alkyl halides is 3. The van der Waals surface area contributed by atoms with E-state index in [9.17, 15) is 22.8 Å². The number of benzene rings is 1. The molecule has 0 aliphatic rings. The lowest BCUT2D eigenvalue weighted by Crippen LogP contribution is -2.25. The van der Waals surface area contributed by atoms with Crippen molar-refractivity contribution in [3.63, 3.8) is 0 Å². The number of hydrogen-bond acceptors (Lipinski definition) is 6. The fraction of sp³-hybridized carbons (Fsp3) is 0.312. The fourth-order valence-corrected chi connectivity index (χ4v) is 2.55. The van der Waals surface area contributed by atoms with Crippen LogP contribution in [-0.4, -0.2) is 34.3 Å². The summed E-state index contributed by atoms with van der Waals surface area (Å²) >= 11 is 1.09. The van der Waals surface area contributed by atoms with Crippen molar-refractivity contribution in [1.82, 2.24) is 5.16 Å². The number of carbonyl (C=O) groups is 2. The van der Waals surface area contributed by atoms with Gasteiger partial charge >= 0.3 is 6.36 Å². The third kappa shape index (κ3) is 7.21. The van der Waals surface area contributed by atoms with E-state index >= 15 is 0 Å². The highest BCUT2D eigenvalue weighted by atomic mass is 32.2. The van der Waals surface area contributed by atoms with Crippen LogP contribution in [0.15, 0.2) is 34.9 Å². The van der Waals surface area contributed by atoms with Crippen LogP contribution in [-0.2, 0) is 9.59 Å². The first kappa shape index (κ1) is 20.6. The van der Waals surface area contributed by atoms with Crippen molar-refractivity contribution in [3.05, 3.63) is 36.1 Å². The summed E-state index contributed by atoms with van der Waals surface area (Å²) in [5.41, 5.74) is 0.310. The Morgan fingerprint density at radius 3 is 2.48 bits per heavy atom. The Hall–Kier alpha value is -2.69. The molecule has 0 aliphatic heterocycles. The first-order valence-corrected chi connectivity index (χ1v) is 8.69. The normalized spacial score (nSPS) is 12.3. The van der Waals surface area contributed by atoms with E-state index in [0.29, 0.717) is 11.4 Å². The summed E-state index contributed by atoms with van der Waals surface area (Å²) in [6, 6.07) is 6.31. The number of anilines is 2. The predicted octanol–water partition coefficient (Wildman–Crippen LogP) is 3.58. The van der Waals surface area contributed by atoms with Crippen LogP contribution in [0.2, 0.25) is 0 Å². The summed E-state index contributed by atoms with van der Waals surface area (Å²) in [6.07, 6.45) is -4.78. The zero-order valence-electron chi connectivity index (χ0n) is 14.3. The van der Waals surface area contributed by atoms with Gasteiger partial charge in [-0.1, -0.05) is 5.16 Å². The summed E-state index contributed by atoms with van der Waals surface area (Å²) in [5.74, 6) is -0.306. The summed E-state index contributed by atoms with van der Waals surface area (Å²) in [5, 5.41) is 8.19. The standard InChI is InChI=1S/C16H16F3N3O4S/c1-9-7-13(22-26-9)21-15(24)10(2)27-8-14(23)20-11-3-5-12(6-4-11)25-16(17,18)19/h3-7,10H,8H2,1-2H3,(H,20,23)(H,21,22,24)/t10-/m0/s1. The van der Waals surface area contributed by atoms with Crippen molar-refractivity contribution in [2.45, 2.75) is 25.5 Å². The fourth-order valence-electron chi connectivity index (χ4n) is 1.87. The van der Waals surface area contributed by atoms with Gasteiger partial charge in [0.1, 0.15) is 11.5 Å². The van der Waals surface area contributed by atoms with Gasteiger partial charge in [-0.05, 0) is 38.1 Å². The molecular weight excluding hydrogens is 387 g/mol. The van der Waals surface area contributed by atoms with Gasteiger partial charge in [-0.2, -0.15) is 0 Å². The lowest BCUT2D eigenvalue weighted by molar-refractivity contribution is -0.274. The van der Waals surface area contributed by atoms with Gasteiger partial charge < -0.3 is 19.9 Å². The van der Waals surface area contributed by atoms with Gasteiger partial charge in [-0.3, -0.25) is 9.59 Å². The second-order valence-electron chi connectivity index (χ2n) is 5.39. The number of rotatable bonds is 7. The van der Waals surface area contributed by atoms with E-state index in [1.807, 2.05) is 0 Å². The smallest absolute Gasteiger partial charge is 0.406 e. The molecule has 1 heterocycles. The van der Waals surface area contributed by atoms with Gasteiger partial charge in [0, 0.05) is 11.8 Å². The zero-order chi connectivity index (χ0) is 20.0. The number of aryl methyl sites for hydroxylation is 1. The summed E-state index contributed by atoms with van der Waals surface area (Å²) in [6.45, 7) is 3.32. The first-order valence-electron chi connectivity index (χ1n) is 7.64. The molecule has 27 heavy (non-hydrogen) atoms. The molecule has 1 aromatic carbocycles. The second-order valence-corrected chi connectivity index (χ2v) is 6.71. The molecule has 2 aromatic rings. The lowest BCUT2D eigenvalue weighted by atomic mass is 10.3. The number of nitrogens with zero attached hydrogens (tertiary/aromatic N) is 1. The maximum atomic E-state index is 12.1. The molecule has 0 aliphatic carbocycles. The Bertz CT molecular complexity index is 793. The molecule has 0 spiro atoms. The van der Waals surface area contributed by atoms with Gasteiger partial charge in [0.05, 0.1) is 11.0 Å². The van der Waals surface area contributed by atoms with Crippen molar-refractivity contribution >= 4 is 35.1 Å². The number of amides is 2. The van der Waals surface area contributed by atoms with E-state index in [1.165, 1.54) is 12.1 Å². The van der Waals surface area contributed by atoms with Gasteiger partial charge in [-0.15, -0.1) is 24.9 Å². The lowest BCUT2D eigenvalue weighted by Gasteiger charge is -2.11. The molecule has 2 rings (SSSR count). The third-order valence-corrected chi connectivity index (χ3v) is 4.23. The van der Waals surface area contributed by atoms with Crippen LogP contribution in [0.4, 0.5) is 24.7 Å². The molecule has 0 radical (unpaired) electrons. The predicted molar refractivity (Wildman–Crippen MR) is 93.5 cm³/mol. The molecular formula is C16H16F3N3O4S. The Balaban J connectivity index is 1.77. The minimum absolute atomic E-state index is 0.0206. The van der Waals surface area contributed by atoms with Gasteiger partial charge in [-0.25, -0.2) is 0 Å². The first-order chi connectivity index (χ1) is 12.6. The zero-order valence-corrected chi connectivity index (χ0v) is 15.1. The van der Waals surface area contributed by atoms with Gasteiger partial charge in [0.25, 0.3) is 0 Å². The molecule has 2 amide bonds. The Kier molecular flexibility index (Phi) is 6.72. The SMILES string of the molecule is Cc1cc(NC(=O)[C@H](C)SCC(=O)Nc2ccc(OC(F)(F)F)cc2)no1. The van der Waals surface area contributed by atoms with E-state index in [1.54, 1.807) is 19.9 Å². The molecule has 1 atom stereocenters. The summed E-state index contributed by atoms with van der Waals surface area (Å²) in [7, 11) is 0. The van der Waals surface area contributed by atoms with E-state index in [2.05, 4.69) is 20.5 Å². The number of halogens is 3. The molecule has 0 unspecified atom stereocenters. The molecule has 2 N–H and O–H groups in total. The molecule has 0 fully saturated rings. The van der Waals surface area contributed by atoms with Crippen molar-refractivity contribution in [2.75, 3.05) is 16.4 Å². The Morgan fingerprint density at radius 2 is 1.93 bits per heavy atom. The van der Waals surface area contributed by atoms with Crippen LogP contribution in [0, 0.1) is 6.92 Å². The molecule has 7 nitrogen and oxygen atoms in total. The highest BCUT2D eigenvalue weighted by Gasteiger charge is 2.31. The Morgan fingerprint density at radius 1 is 1.26 bits per heavy atom. The summed E-state index contributed by atoms with van der Waals surface area (Å²) in [4.78, 5) is 23.9. The molecule has 1 aromatic heterocycles. The largest absolute Gasteiger partial charge is 0.573 e. The van der Waals surface area contributed by atoms with Crippen LogP contribution in [0.1, 0.15) is 12.7 Å². The number of nitrogens with one attached hydrogen (secondary N) is 2. The van der Waals surface area contributed by atoms with Gasteiger partial charge in [0.2, 0.25) is 11.8 Å². The number of thioether (sulfide) groups is 1. The molecule has 0 bridgehead atoms. The van der Waals surface area contributed by atoms with Crippen LogP contribution >= 0.6 is 11.8 Å². The molecule has 0 saturated carbocycles. The molecule has 146 valence electrons. The quantitative estimate of drug-likeness (QED) is 0.734. The van der Waals surface area contributed by atoms with E-state index in [-0.39, 0.29) is 23.2 Å². The minimum Gasteiger partial charge on any atom is -0.406 e. The second kappa shape index (κ2) is 8.80. The van der Waals surface area contributed by atoms with E-state index in [0.717, 1.165) is 23.9 Å². The average molecular weight is 403 g/mol. The average Bonchev–Trinajstić information content (AvgIpc) is 2.98. The molecule has 0 saturated heterocycles. The van der Waals surface area contributed by atoms with Crippen LogP contribution < -0.4 is 15.4 Å². The number of ether oxygens (including phenoxy) is 1. The van der Waals surface area contributed by atoms with Crippen LogP contribution in [0.25, 0.3) is 0 Å². The maximum absolute atomic E-state index is 12.1. The number of aromatic nitrogens is 1. The monoisotopic (exact) mass is 403 g/mol. The highest BCUT2D eigenvalue weighted by molar-refractivity contribution is 8.01. The Labute approximate surface area is 156 Å². The van der Waals surface area contributed by atoms with Gasteiger partial charge in [0.15, 0.2) is 5.82 Å². The van der Waals surface area contributed by atoms with E-state index < -0.39 is 17.5 Å².